The molecule has 0 saturated heterocycles. The van der Waals surface area contributed by atoms with Crippen molar-refractivity contribution in [1.29, 1.82) is 0 Å². The molecule has 0 bridgehead atoms. The standard InChI is InChI=1S/C11H13N3OS/c1-8-6-10(14(2)13-8)12-11(15)7-9-4-3-5-16-9/h3-6H,7H2,1-2H3,(H,12,15). The van der Waals surface area contributed by atoms with Gasteiger partial charge in [0.05, 0.1) is 12.1 Å². The average molecular weight is 235 g/mol. The lowest BCUT2D eigenvalue weighted by Crippen LogP contribution is -2.16. The summed E-state index contributed by atoms with van der Waals surface area (Å²) in [4.78, 5) is 12.8. The number of anilines is 1. The van der Waals surface area contributed by atoms with E-state index in [1.165, 1.54) is 0 Å². The highest BCUT2D eigenvalue weighted by Gasteiger charge is 2.08. The van der Waals surface area contributed by atoms with Gasteiger partial charge in [0.1, 0.15) is 5.82 Å². The predicted molar refractivity (Wildman–Crippen MR) is 64.6 cm³/mol. The molecule has 0 spiro atoms. The van der Waals surface area contributed by atoms with Gasteiger partial charge in [0.2, 0.25) is 5.91 Å². The molecule has 2 aromatic heterocycles. The van der Waals surface area contributed by atoms with Crippen LogP contribution in [0.4, 0.5) is 5.82 Å². The summed E-state index contributed by atoms with van der Waals surface area (Å²) in [5, 5.41) is 8.97. The number of nitrogens with zero attached hydrogens (tertiary/aromatic N) is 2. The Bertz CT molecular complexity index is 487. The summed E-state index contributed by atoms with van der Waals surface area (Å²) in [7, 11) is 1.81. The van der Waals surface area contributed by atoms with Crippen LogP contribution in [0.2, 0.25) is 0 Å². The van der Waals surface area contributed by atoms with Gasteiger partial charge in [0.15, 0.2) is 0 Å². The molecule has 0 saturated carbocycles. The van der Waals surface area contributed by atoms with Crippen LogP contribution in [0.25, 0.3) is 0 Å². The molecule has 0 atom stereocenters. The van der Waals surface area contributed by atoms with Crippen molar-refractivity contribution in [2.75, 3.05) is 5.32 Å². The summed E-state index contributed by atoms with van der Waals surface area (Å²) >= 11 is 1.59. The Labute approximate surface area is 97.9 Å². The van der Waals surface area contributed by atoms with E-state index in [2.05, 4.69) is 10.4 Å². The number of aryl methyl sites for hydroxylation is 2. The molecule has 2 heterocycles. The van der Waals surface area contributed by atoms with Crippen molar-refractivity contribution in [2.24, 2.45) is 7.05 Å². The Hall–Kier alpha value is -1.62. The van der Waals surface area contributed by atoms with Crippen LogP contribution in [0.5, 0.6) is 0 Å². The van der Waals surface area contributed by atoms with Crippen LogP contribution in [0, 0.1) is 6.92 Å². The molecular weight excluding hydrogens is 222 g/mol. The molecule has 0 aliphatic carbocycles. The van der Waals surface area contributed by atoms with E-state index in [4.69, 9.17) is 0 Å². The van der Waals surface area contributed by atoms with Gasteiger partial charge in [-0.25, -0.2) is 0 Å². The minimum absolute atomic E-state index is 0.00884. The van der Waals surface area contributed by atoms with Crippen LogP contribution in [0.15, 0.2) is 23.6 Å². The normalized spacial score (nSPS) is 10.4. The molecule has 5 heteroatoms. The Kier molecular flexibility index (Phi) is 3.05. The van der Waals surface area contributed by atoms with Gasteiger partial charge in [-0.2, -0.15) is 5.10 Å². The van der Waals surface area contributed by atoms with Crippen LogP contribution in [-0.2, 0) is 18.3 Å². The molecule has 0 aliphatic heterocycles. The number of nitrogens with one attached hydrogen (secondary N) is 1. The third-order valence-electron chi connectivity index (χ3n) is 2.18. The van der Waals surface area contributed by atoms with Gasteiger partial charge in [-0.1, -0.05) is 6.07 Å². The van der Waals surface area contributed by atoms with Crippen molar-refractivity contribution in [2.45, 2.75) is 13.3 Å². The summed E-state index contributed by atoms with van der Waals surface area (Å²) in [5.41, 5.74) is 0.897. The molecule has 0 aliphatic rings. The number of carbonyl (C=O) groups excluding carboxylic acids is 1. The number of amides is 1. The fraction of sp³-hybridized carbons (Fsp3) is 0.273. The number of carbonyl (C=O) groups is 1. The lowest BCUT2D eigenvalue weighted by Gasteiger charge is -2.03. The van der Waals surface area contributed by atoms with Crippen molar-refractivity contribution >= 4 is 23.1 Å². The topological polar surface area (TPSA) is 46.9 Å². The molecule has 84 valence electrons. The summed E-state index contributed by atoms with van der Waals surface area (Å²) in [6, 6.07) is 5.76. The molecule has 0 fully saturated rings. The maximum atomic E-state index is 11.7. The Balaban J connectivity index is 2.00. The van der Waals surface area contributed by atoms with Crippen molar-refractivity contribution in [3.05, 3.63) is 34.2 Å². The van der Waals surface area contributed by atoms with Gasteiger partial charge >= 0.3 is 0 Å². The van der Waals surface area contributed by atoms with E-state index in [9.17, 15) is 4.79 Å². The third-order valence-corrected chi connectivity index (χ3v) is 3.06. The highest BCUT2D eigenvalue weighted by Crippen LogP contribution is 2.12. The van der Waals surface area contributed by atoms with Gasteiger partial charge in [0, 0.05) is 18.0 Å². The second-order valence-electron chi connectivity index (χ2n) is 3.60. The zero-order valence-electron chi connectivity index (χ0n) is 9.23. The van der Waals surface area contributed by atoms with Crippen LogP contribution in [0.1, 0.15) is 10.6 Å². The Morgan fingerprint density at radius 1 is 1.62 bits per heavy atom. The van der Waals surface area contributed by atoms with E-state index in [0.29, 0.717) is 6.42 Å². The molecule has 0 aromatic carbocycles. The van der Waals surface area contributed by atoms with Crippen molar-refractivity contribution in [1.82, 2.24) is 9.78 Å². The number of rotatable bonds is 3. The van der Waals surface area contributed by atoms with Crippen LogP contribution < -0.4 is 5.32 Å². The van der Waals surface area contributed by atoms with E-state index >= 15 is 0 Å². The fourth-order valence-electron chi connectivity index (χ4n) is 1.49. The van der Waals surface area contributed by atoms with E-state index in [1.807, 2.05) is 37.6 Å². The number of hydrogen-bond acceptors (Lipinski definition) is 3. The van der Waals surface area contributed by atoms with E-state index in [1.54, 1.807) is 16.0 Å². The number of thiophene rings is 1. The van der Waals surface area contributed by atoms with Gasteiger partial charge in [-0.15, -0.1) is 11.3 Å². The molecule has 2 rings (SSSR count). The molecule has 0 unspecified atom stereocenters. The maximum Gasteiger partial charge on any atom is 0.230 e. The Morgan fingerprint density at radius 3 is 3.00 bits per heavy atom. The van der Waals surface area contributed by atoms with Crippen LogP contribution >= 0.6 is 11.3 Å². The molecule has 1 N–H and O–H groups in total. The monoisotopic (exact) mass is 235 g/mol. The molecular formula is C11H13N3OS. The van der Waals surface area contributed by atoms with Crippen molar-refractivity contribution < 1.29 is 4.79 Å². The third kappa shape index (κ3) is 2.49. The summed E-state index contributed by atoms with van der Waals surface area (Å²) in [6.45, 7) is 1.90. The lowest BCUT2D eigenvalue weighted by molar-refractivity contribution is -0.115. The zero-order chi connectivity index (χ0) is 11.5. The maximum absolute atomic E-state index is 11.7. The summed E-state index contributed by atoms with van der Waals surface area (Å²) in [6.07, 6.45) is 0.419. The second-order valence-corrected chi connectivity index (χ2v) is 4.63. The molecule has 1 amide bonds. The quantitative estimate of drug-likeness (QED) is 0.884. The second kappa shape index (κ2) is 4.49. The zero-order valence-corrected chi connectivity index (χ0v) is 10.0. The van der Waals surface area contributed by atoms with E-state index < -0.39 is 0 Å². The molecule has 2 aromatic rings. The molecule has 0 radical (unpaired) electrons. The minimum atomic E-state index is -0.00884. The van der Waals surface area contributed by atoms with Gasteiger partial charge in [-0.05, 0) is 18.4 Å². The largest absolute Gasteiger partial charge is 0.311 e. The predicted octanol–water partition coefficient (Wildman–Crippen LogP) is 1.97. The van der Waals surface area contributed by atoms with Crippen LogP contribution in [-0.4, -0.2) is 15.7 Å². The SMILES string of the molecule is Cc1cc(NC(=O)Cc2cccs2)n(C)n1. The smallest absolute Gasteiger partial charge is 0.230 e. The summed E-state index contributed by atoms with van der Waals surface area (Å²) < 4.78 is 1.67. The fourth-order valence-corrected chi connectivity index (χ4v) is 2.19. The average Bonchev–Trinajstić information content (AvgIpc) is 2.78. The summed E-state index contributed by atoms with van der Waals surface area (Å²) in [5.74, 6) is 0.726. The number of hydrogen-bond donors (Lipinski definition) is 1. The number of aromatic nitrogens is 2. The van der Waals surface area contributed by atoms with Crippen LogP contribution in [0.3, 0.4) is 0 Å². The van der Waals surface area contributed by atoms with E-state index in [-0.39, 0.29) is 5.91 Å². The minimum Gasteiger partial charge on any atom is -0.311 e. The first-order valence-electron chi connectivity index (χ1n) is 4.98. The molecule has 16 heavy (non-hydrogen) atoms. The highest BCUT2D eigenvalue weighted by atomic mass is 32.1. The van der Waals surface area contributed by atoms with Crippen molar-refractivity contribution in [3.63, 3.8) is 0 Å². The first-order chi connectivity index (χ1) is 7.65. The first-order valence-corrected chi connectivity index (χ1v) is 5.86. The van der Waals surface area contributed by atoms with Gasteiger partial charge < -0.3 is 5.32 Å². The lowest BCUT2D eigenvalue weighted by atomic mass is 10.3. The van der Waals surface area contributed by atoms with Gasteiger partial charge in [0.25, 0.3) is 0 Å². The molecule has 4 nitrogen and oxygen atoms in total. The van der Waals surface area contributed by atoms with Gasteiger partial charge in [-0.3, -0.25) is 9.48 Å². The van der Waals surface area contributed by atoms with Crippen molar-refractivity contribution in [3.8, 4) is 0 Å². The van der Waals surface area contributed by atoms with E-state index in [0.717, 1.165) is 16.4 Å². The first kappa shape index (κ1) is 10.9. The highest BCUT2D eigenvalue weighted by molar-refractivity contribution is 7.10. The Morgan fingerprint density at radius 2 is 2.44 bits per heavy atom.